The van der Waals surface area contributed by atoms with E-state index >= 15 is 0 Å². The summed E-state index contributed by atoms with van der Waals surface area (Å²) in [6, 6.07) is 11.6. The van der Waals surface area contributed by atoms with Gasteiger partial charge in [-0.15, -0.1) is 0 Å². The van der Waals surface area contributed by atoms with Gasteiger partial charge in [-0.1, -0.05) is 24.3 Å². The maximum absolute atomic E-state index is 12.7. The number of phenolic OH excluding ortho intramolecular Hbond substituents is 1. The highest BCUT2D eigenvalue weighted by atomic mass is 32.2. The van der Waals surface area contributed by atoms with Gasteiger partial charge >= 0.3 is 0 Å². The van der Waals surface area contributed by atoms with Crippen LogP contribution in [0.5, 0.6) is 5.75 Å². The van der Waals surface area contributed by atoms with E-state index in [1.807, 2.05) is 13.0 Å². The first-order valence-electron chi connectivity index (χ1n) is 8.95. The van der Waals surface area contributed by atoms with Gasteiger partial charge in [0.25, 0.3) is 5.91 Å². The molecule has 0 atom stereocenters. The minimum Gasteiger partial charge on any atom is -0.507 e. The van der Waals surface area contributed by atoms with Crippen LogP contribution in [0.1, 0.15) is 34.3 Å². The summed E-state index contributed by atoms with van der Waals surface area (Å²) in [4.78, 5) is 14.5. The number of sulfonamides is 1. The van der Waals surface area contributed by atoms with Gasteiger partial charge < -0.3 is 10.0 Å². The molecule has 6 nitrogen and oxygen atoms in total. The van der Waals surface area contributed by atoms with Gasteiger partial charge in [-0.25, -0.2) is 13.1 Å². The molecule has 0 radical (unpaired) electrons. The molecule has 2 aromatic carbocycles. The Kier molecular flexibility index (Phi) is 5.53. The molecule has 2 aromatic rings. The van der Waals surface area contributed by atoms with Crippen LogP contribution < -0.4 is 4.72 Å². The smallest absolute Gasteiger partial charge is 0.257 e. The van der Waals surface area contributed by atoms with Crippen molar-refractivity contribution >= 4 is 15.9 Å². The highest BCUT2D eigenvalue weighted by Crippen LogP contribution is 2.22. The summed E-state index contributed by atoms with van der Waals surface area (Å²) in [7, 11) is -3.60. The van der Waals surface area contributed by atoms with E-state index < -0.39 is 10.0 Å². The van der Waals surface area contributed by atoms with E-state index in [1.165, 1.54) is 6.07 Å². The Labute approximate surface area is 159 Å². The second-order valence-electron chi connectivity index (χ2n) is 6.97. The van der Waals surface area contributed by atoms with Crippen molar-refractivity contribution in [2.75, 3.05) is 13.1 Å². The molecule has 1 fully saturated rings. The van der Waals surface area contributed by atoms with E-state index in [2.05, 4.69) is 4.72 Å². The molecule has 0 aromatic heterocycles. The number of carbonyl (C=O) groups is 1. The predicted octanol–water partition coefficient (Wildman–Crippen LogP) is 2.59. The molecule has 27 heavy (non-hydrogen) atoms. The molecule has 1 heterocycles. The molecule has 1 amide bonds. The molecular formula is C20H24N2O4S. The van der Waals surface area contributed by atoms with Crippen molar-refractivity contribution in [2.45, 2.75) is 37.6 Å². The number of aromatic hydroxyl groups is 1. The van der Waals surface area contributed by atoms with E-state index in [9.17, 15) is 18.3 Å². The number of amides is 1. The van der Waals surface area contributed by atoms with Crippen LogP contribution in [0.25, 0.3) is 0 Å². The summed E-state index contributed by atoms with van der Waals surface area (Å²) in [6.07, 6.45) is 1.06. The molecule has 1 aliphatic rings. The zero-order chi connectivity index (χ0) is 19.6. The van der Waals surface area contributed by atoms with E-state index in [4.69, 9.17) is 0 Å². The lowest BCUT2D eigenvalue weighted by Crippen LogP contribution is -2.46. The largest absolute Gasteiger partial charge is 0.507 e. The monoisotopic (exact) mass is 388 g/mol. The van der Waals surface area contributed by atoms with Crippen LogP contribution in [0.4, 0.5) is 0 Å². The van der Waals surface area contributed by atoms with Crippen LogP contribution in [-0.2, 0) is 10.0 Å². The lowest BCUT2D eigenvalue weighted by Gasteiger charge is -2.32. The second-order valence-corrected chi connectivity index (χ2v) is 8.66. The number of nitrogens with zero attached hydrogens (tertiary/aromatic N) is 1. The number of hydrogen-bond donors (Lipinski definition) is 2. The fraction of sp³-hybridized carbons (Fsp3) is 0.350. The van der Waals surface area contributed by atoms with E-state index in [-0.39, 0.29) is 23.3 Å². The van der Waals surface area contributed by atoms with Crippen LogP contribution in [0.3, 0.4) is 0 Å². The lowest BCUT2D eigenvalue weighted by molar-refractivity contribution is 0.0708. The predicted molar refractivity (Wildman–Crippen MR) is 103 cm³/mol. The Hall–Kier alpha value is -2.38. The first-order chi connectivity index (χ1) is 12.8. The van der Waals surface area contributed by atoms with Crippen molar-refractivity contribution in [3.8, 4) is 5.75 Å². The Bertz CT molecular complexity index is 948. The summed E-state index contributed by atoms with van der Waals surface area (Å²) in [5.74, 6) is -0.274. The van der Waals surface area contributed by atoms with Crippen molar-refractivity contribution in [3.05, 3.63) is 59.2 Å². The van der Waals surface area contributed by atoms with E-state index in [1.54, 1.807) is 42.2 Å². The summed E-state index contributed by atoms with van der Waals surface area (Å²) in [5.41, 5.74) is 1.87. The van der Waals surface area contributed by atoms with E-state index in [0.717, 1.165) is 5.56 Å². The maximum Gasteiger partial charge on any atom is 0.257 e. The lowest BCUT2D eigenvalue weighted by atomic mass is 10.0. The molecule has 0 saturated carbocycles. The van der Waals surface area contributed by atoms with Gasteiger partial charge in [0.15, 0.2) is 0 Å². The van der Waals surface area contributed by atoms with Crippen LogP contribution in [0.2, 0.25) is 0 Å². The van der Waals surface area contributed by atoms with Crippen molar-refractivity contribution < 1.29 is 18.3 Å². The molecule has 1 aliphatic heterocycles. The number of piperidine rings is 1. The van der Waals surface area contributed by atoms with Crippen molar-refractivity contribution in [2.24, 2.45) is 0 Å². The van der Waals surface area contributed by atoms with Gasteiger partial charge in [0.2, 0.25) is 10.0 Å². The summed E-state index contributed by atoms with van der Waals surface area (Å²) in [6.45, 7) is 4.52. The topological polar surface area (TPSA) is 86.7 Å². The molecule has 3 rings (SSSR count). The number of para-hydroxylation sites is 1. The number of carbonyl (C=O) groups excluding carboxylic acids is 1. The average Bonchev–Trinajstić information content (AvgIpc) is 2.64. The Morgan fingerprint density at radius 3 is 2.44 bits per heavy atom. The van der Waals surface area contributed by atoms with E-state index in [0.29, 0.717) is 36.4 Å². The molecule has 144 valence electrons. The fourth-order valence-electron chi connectivity index (χ4n) is 3.30. The summed E-state index contributed by atoms with van der Waals surface area (Å²) < 4.78 is 28.2. The van der Waals surface area contributed by atoms with Gasteiger partial charge in [0.05, 0.1) is 10.5 Å². The number of aryl methyl sites for hydroxylation is 2. The number of phenols is 1. The van der Waals surface area contributed by atoms with Crippen molar-refractivity contribution in [3.63, 3.8) is 0 Å². The molecule has 0 bridgehead atoms. The quantitative estimate of drug-likeness (QED) is 0.843. The zero-order valence-corrected chi connectivity index (χ0v) is 16.3. The highest BCUT2D eigenvalue weighted by Gasteiger charge is 2.28. The molecule has 0 spiro atoms. The minimum absolute atomic E-state index is 0.0414. The molecule has 7 heteroatoms. The van der Waals surface area contributed by atoms with Crippen LogP contribution in [0, 0.1) is 13.8 Å². The third-order valence-corrected chi connectivity index (χ3v) is 6.53. The molecular weight excluding hydrogens is 364 g/mol. The third-order valence-electron chi connectivity index (χ3n) is 4.87. The van der Waals surface area contributed by atoms with Crippen LogP contribution in [0.15, 0.2) is 47.4 Å². The normalized spacial score (nSPS) is 15.7. The van der Waals surface area contributed by atoms with Gasteiger partial charge in [0, 0.05) is 19.1 Å². The zero-order valence-electron chi connectivity index (χ0n) is 15.5. The SMILES string of the molecule is Cc1ccc(C)c(S(=O)(=O)NC2CCN(C(=O)c3ccccc3O)CC2)c1. The Morgan fingerprint density at radius 2 is 1.78 bits per heavy atom. The maximum atomic E-state index is 12.7. The minimum atomic E-state index is -3.60. The summed E-state index contributed by atoms with van der Waals surface area (Å²) >= 11 is 0. The average molecular weight is 388 g/mol. The first kappa shape index (κ1) is 19.4. The number of benzene rings is 2. The molecule has 1 saturated heterocycles. The second kappa shape index (κ2) is 7.70. The Morgan fingerprint density at radius 1 is 1.11 bits per heavy atom. The number of likely N-dealkylation sites (tertiary alicyclic amines) is 1. The first-order valence-corrected chi connectivity index (χ1v) is 10.4. The van der Waals surface area contributed by atoms with Gasteiger partial charge in [0.1, 0.15) is 5.75 Å². The summed E-state index contributed by atoms with van der Waals surface area (Å²) in [5, 5.41) is 9.85. The van der Waals surface area contributed by atoms with Crippen LogP contribution in [-0.4, -0.2) is 43.5 Å². The highest BCUT2D eigenvalue weighted by molar-refractivity contribution is 7.89. The third kappa shape index (κ3) is 4.31. The molecule has 0 aliphatic carbocycles. The standard InChI is InChI=1S/C20H24N2O4S/c1-14-7-8-15(2)19(13-14)27(25,26)21-16-9-11-22(12-10-16)20(24)17-5-3-4-6-18(17)23/h3-8,13,16,21,23H,9-12H2,1-2H3. The van der Waals surface area contributed by atoms with Crippen molar-refractivity contribution in [1.29, 1.82) is 0 Å². The van der Waals surface area contributed by atoms with Gasteiger partial charge in [-0.2, -0.15) is 0 Å². The van der Waals surface area contributed by atoms with Gasteiger partial charge in [-0.3, -0.25) is 4.79 Å². The van der Waals surface area contributed by atoms with Crippen molar-refractivity contribution in [1.82, 2.24) is 9.62 Å². The van der Waals surface area contributed by atoms with Crippen LogP contribution >= 0.6 is 0 Å². The number of nitrogens with one attached hydrogen (secondary N) is 1. The Balaban J connectivity index is 1.65. The number of rotatable bonds is 4. The number of hydrogen-bond acceptors (Lipinski definition) is 4. The van der Waals surface area contributed by atoms with Gasteiger partial charge in [-0.05, 0) is 56.0 Å². The fourth-order valence-corrected chi connectivity index (χ4v) is 4.94. The molecule has 0 unspecified atom stereocenters. The molecule has 2 N–H and O–H groups in total.